The first-order chi connectivity index (χ1) is 15.6. The number of nitrogens with zero attached hydrogens (tertiary/aromatic N) is 3. The average molecular weight is 496 g/mol. The third-order valence-corrected chi connectivity index (χ3v) is 7.54. The van der Waals surface area contributed by atoms with Gasteiger partial charge in [0, 0.05) is 18.2 Å². The van der Waals surface area contributed by atoms with Gasteiger partial charge >= 0.3 is 0 Å². The van der Waals surface area contributed by atoms with Crippen molar-refractivity contribution in [3.8, 4) is 5.75 Å². The lowest BCUT2D eigenvalue weighted by Gasteiger charge is -2.27. The largest absolute Gasteiger partial charge is 0.505 e. The Bertz CT molecular complexity index is 1370. The summed E-state index contributed by atoms with van der Waals surface area (Å²) in [5.74, 6) is -0.350. The first-order valence-corrected chi connectivity index (χ1v) is 13.2. The molecule has 1 fully saturated rings. The Balaban J connectivity index is 1.86. The Kier molecular flexibility index (Phi) is 6.18. The van der Waals surface area contributed by atoms with Gasteiger partial charge in [-0.1, -0.05) is 20.3 Å². The van der Waals surface area contributed by atoms with Crippen LogP contribution in [0.25, 0.3) is 0 Å². The first kappa shape index (κ1) is 23.2. The number of rotatable bonds is 7. The maximum Gasteiger partial charge on any atom is 0.281 e. The summed E-state index contributed by atoms with van der Waals surface area (Å²) in [7, 11) is -7.17. The maximum atomic E-state index is 13.2. The number of hydrogen-bond donors (Lipinski definition) is 4. The number of nitrogens with one attached hydrogen (secondary N) is 2. The van der Waals surface area contributed by atoms with Crippen molar-refractivity contribution in [2.24, 2.45) is 10.9 Å². The number of aromatic hydroxyl groups is 1. The van der Waals surface area contributed by atoms with E-state index in [1.807, 2.05) is 13.8 Å². The number of aryl methyl sites for hydroxylation is 1. The van der Waals surface area contributed by atoms with Crippen molar-refractivity contribution >= 4 is 38.1 Å². The summed E-state index contributed by atoms with van der Waals surface area (Å²) in [6.45, 7) is 4.35. The van der Waals surface area contributed by atoms with Gasteiger partial charge in [-0.3, -0.25) is 14.2 Å². The molecule has 178 valence electrons. The van der Waals surface area contributed by atoms with Gasteiger partial charge < -0.3 is 5.11 Å². The summed E-state index contributed by atoms with van der Waals surface area (Å²) in [4.78, 5) is 17.3. The zero-order valence-electron chi connectivity index (χ0n) is 18.1. The van der Waals surface area contributed by atoms with E-state index in [4.69, 9.17) is 0 Å². The number of fused-ring (bicyclic) bond motifs is 1. The third-order valence-electron chi connectivity index (χ3n) is 5.74. The van der Waals surface area contributed by atoms with Gasteiger partial charge in [0.1, 0.15) is 16.2 Å². The number of anilines is 1. The molecular formula is C20H25N5O6S2. The van der Waals surface area contributed by atoms with Crippen molar-refractivity contribution in [2.75, 3.05) is 4.72 Å². The molecular weight excluding hydrogens is 470 g/mol. The van der Waals surface area contributed by atoms with E-state index in [1.165, 1.54) is 16.8 Å². The molecule has 1 aliphatic heterocycles. The molecule has 2 heterocycles. The van der Waals surface area contributed by atoms with Crippen LogP contribution in [-0.4, -0.2) is 37.6 Å². The van der Waals surface area contributed by atoms with Crippen molar-refractivity contribution in [3.05, 3.63) is 39.8 Å². The SMILES string of the molecule is CC(C)CCn1nc(C2CCC2)c(O)c(C2=Nc3ccc(N[SH](=O)=O)cc3S(=O)(=O)N2)c1=O. The molecule has 0 atom stereocenters. The summed E-state index contributed by atoms with van der Waals surface area (Å²) >= 11 is 0. The van der Waals surface area contributed by atoms with Crippen molar-refractivity contribution < 1.29 is 21.9 Å². The molecule has 2 aromatic rings. The molecule has 0 amide bonds. The predicted octanol–water partition coefficient (Wildman–Crippen LogP) is 1.57. The number of aliphatic imine (C=N–C) groups is 1. The van der Waals surface area contributed by atoms with Crippen molar-refractivity contribution in [1.29, 1.82) is 0 Å². The van der Waals surface area contributed by atoms with E-state index in [-0.39, 0.29) is 39.3 Å². The molecule has 2 aliphatic rings. The number of benzene rings is 1. The zero-order valence-corrected chi connectivity index (χ0v) is 19.8. The molecule has 1 aromatic carbocycles. The number of sulfonamides is 1. The van der Waals surface area contributed by atoms with Gasteiger partial charge in [0.05, 0.1) is 5.69 Å². The summed E-state index contributed by atoms with van der Waals surface area (Å²) in [6, 6.07) is 3.83. The van der Waals surface area contributed by atoms with Crippen LogP contribution in [0.5, 0.6) is 5.75 Å². The average Bonchev–Trinajstić information content (AvgIpc) is 2.67. The van der Waals surface area contributed by atoms with Crippen molar-refractivity contribution in [3.63, 3.8) is 0 Å². The molecule has 3 N–H and O–H groups in total. The van der Waals surface area contributed by atoms with E-state index in [9.17, 15) is 26.7 Å². The van der Waals surface area contributed by atoms with Gasteiger partial charge in [-0.15, -0.1) is 0 Å². The minimum Gasteiger partial charge on any atom is -0.505 e. The monoisotopic (exact) mass is 495 g/mol. The van der Waals surface area contributed by atoms with E-state index in [2.05, 4.69) is 19.5 Å². The van der Waals surface area contributed by atoms with Crippen LogP contribution in [0.2, 0.25) is 0 Å². The van der Waals surface area contributed by atoms with Crippen LogP contribution in [-0.2, 0) is 27.5 Å². The minimum absolute atomic E-state index is 0.00885. The topological polar surface area (TPSA) is 160 Å². The van der Waals surface area contributed by atoms with Crippen LogP contribution in [0.15, 0.2) is 32.9 Å². The second-order valence-corrected chi connectivity index (χ2v) is 11.0. The number of amidine groups is 1. The Hall–Kier alpha value is -2.93. The fourth-order valence-corrected chi connectivity index (χ4v) is 5.25. The highest BCUT2D eigenvalue weighted by Gasteiger charge is 2.33. The summed E-state index contributed by atoms with van der Waals surface area (Å²) in [5.41, 5.74) is -0.433. The van der Waals surface area contributed by atoms with E-state index in [0.29, 0.717) is 24.6 Å². The molecule has 13 heteroatoms. The lowest BCUT2D eigenvalue weighted by Crippen LogP contribution is -2.40. The van der Waals surface area contributed by atoms with Gasteiger partial charge in [0.15, 0.2) is 11.6 Å². The van der Waals surface area contributed by atoms with Crippen molar-refractivity contribution in [2.45, 2.75) is 56.9 Å². The van der Waals surface area contributed by atoms with Crippen LogP contribution in [0.4, 0.5) is 11.4 Å². The Morgan fingerprint density at radius 3 is 2.64 bits per heavy atom. The van der Waals surface area contributed by atoms with E-state index < -0.39 is 26.5 Å². The fraction of sp³-hybridized carbons (Fsp3) is 0.450. The molecule has 4 rings (SSSR count). The minimum atomic E-state index is -4.19. The molecule has 1 aliphatic carbocycles. The smallest absolute Gasteiger partial charge is 0.281 e. The van der Waals surface area contributed by atoms with Gasteiger partial charge in [0.2, 0.25) is 10.9 Å². The number of hydrogen-bond acceptors (Lipinski definition) is 8. The molecule has 0 radical (unpaired) electrons. The molecule has 0 spiro atoms. The molecule has 0 unspecified atom stereocenters. The Morgan fingerprint density at radius 2 is 2.03 bits per heavy atom. The van der Waals surface area contributed by atoms with Crippen LogP contribution in [0, 0.1) is 5.92 Å². The maximum absolute atomic E-state index is 13.2. The molecule has 11 nitrogen and oxygen atoms in total. The molecule has 1 aromatic heterocycles. The highest BCUT2D eigenvalue weighted by molar-refractivity contribution is 7.90. The standard InChI is InChI=1S/C20H25N5O6S2/c1-11(2)8-9-25-20(27)16(18(26)17(22-25)12-4-3-5-12)19-21-14-7-6-13(23-32(28)29)10-15(14)33(30,31)24-19/h6-7,10-12,26,32H,3-5,8-9H2,1-2H3,(H,21,24)(H,23,28,29). The third kappa shape index (κ3) is 4.60. The first-order valence-electron chi connectivity index (χ1n) is 10.6. The fourth-order valence-electron chi connectivity index (χ4n) is 3.71. The lowest BCUT2D eigenvalue weighted by molar-refractivity contribution is 0.362. The summed E-state index contributed by atoms with van der Waals surface area (Å²) in [6.07, 6.45) is 3.31. The highest BCUT2D eigenvalue weighted by atomic mass is 32.2. The summed E-state index contributed by atoms with van der Waals surface area (Å²) < 4.78 is 53.3. The van der Waals surface area contributed by atoms with Gasteiger partial charge in [-0.05, 0) is 43.4 Å². The van der Waals surface area contributed by atoms with Crippen LogP contribution in [0.1, 0.15) is 56.7 Å². The van der Waals surface area contributed by atoms with E-state index in [0.717, 1.165) is 25.3 Å². The molecule has 0 saturated heterocycles. The molecule has 1 saturated carbocycles. The van der Waals surface area contributed by atoms with Gasteiger partial charge in [-0.2, -0.15) is 5.10 Å². The van der Waals surface area contributed by atoms with Crippen LogP contribution < -0.4 is 15.0 Å². The summed E-state index contributed by atoms with van der Waals surface area (Å²) in [5, 5.41) is 15.3. The number of thiol groups is 1. The molecule has 0 bridgehead atoms. The van der Waals surface area contributed by atoms with Crippen molar-refractivity contribution in [1.82, 2.24) is 14.5 Å². The second kappa shape index (κ2) is 8.78. The highest BCUT2D eigenvalue weighted by Crippen LogP contribution is 2.40. The molecule has 33 heavy (non-hydrogen) atoms. The quantitative estimate of drug-likeness (QED) is 0.424. The van der Waals surface area contributed by atoms with Gasteiger partial charge in [-0.25, -0.2) is 26.5 Å². The van der Waals surface area contributed by atoms with Gasteiger partial charge in [0.25, 0.3) is 15.6 Å². The second-order valence-electron chi connectivity index (χ2n) is 8.56. The van der Waals surface area contributed by atoms with Crippen LogP contribution in [0.3, 0.4) is 0 Å². The predicted molar refractivity (Wildman–Crippen MR) is 123 cm³/mol. The van der Waals surface area contributed by atoms with E-state index in [1.54, 1.807) is 0 Å². The van der Waals surface area contributed by atoms with Crippen LogP contribution >= 0.6 is 0 Å². The Labute approximate surface area is 192 Å². The van der Waals surface area contributed by atoms with E-state index >= 15 is 0 Å². The zero-order chi connectivity index (χ0) is 23.9. The number of aromatic nitrogens is 2. The lowest BCUT2D eigenvalue weighted by atomic mass is 9.82. The normalized spacial score (nSPS) is 17.3. The Morgan fingerprint density at radius 1 is 1.30 bits per heavy atom.